The highest BCUT2D eigenvalue weighted by molar-refractivity contribution is 6.08. The van der Waals surface area contributed by atoms with Crippen molar-refractivity contribution in [1.82, 2.24) is 4.98 Å². The smallest absolute Gasteiger partial charge is 0.315 e. The molecule has 0 N–H and O–H groups in total. The Bertz CT molecular complexity index is 840. The van der Waals surface area contributed by atoms with Crippen LogP contribution in [0, 0.1) is 11.3 Å². The van der Waals surface area contributed by atoms with E-state index in [4.69, 9.17) is 14.5 Å². The van der Waals surface area contributed by atoms with E-state index in [-0.39, 0.29) is 23.9 Å². The average Bonchev–Trinajstić information content (AvgIpc) is 2.63. The van der Waals surface area contributed by atoms with E-state index in [1.165, 1.54) is 0 Å². The summed E-state index contributed by atoms with van der Waals surface area (Å²) in [5.74, 6) is -1.47. The van der Waals surface area contributed by atoms with Gasteiger partial charge in [-0.2, -0.15) is 0 Å². The van der Waals surface area contributed by atoms with Gasteiger partial charge in [0.05, 0.1) is 18.6 Å². The quantitative estimate of drug-likeness (QED) is 0.537. The molecule has 0 saturated carbocycles. The van der Waals surface area contributed by atoms with Crippen LogP contribution in [-0.4, -0.2) is 41.8 Å². The maximum absolute atomic E-state index is 13.1. The molecule has 0 bridgehead atoms. The predicted molar refractivity (Wildman–Crippen MR) is 111 cm³/mol. The summed E-state index contributed by atoms with van der Waals surface area (Å²) in [6.07, 6.45) is 2.91. The summed E-state index contributed by atoms with van der Waals surface area (Å²) in [5, 5.41) is 0. The molecule has 0 fully saturated rings. The van der Waals surface area contributed by atoms with Gasteiger partial charge < -0.3 is 9.47 Å². The fourth-order valence-electron chi connectivity index (χ4n) is 4.15. The molecule has 156 valence electrons. The number of pyridine rings is 1. The zero-order valence-electron chi connectivity index (χ0n) is 17.9. The van der Waals surface area contributed by atoms with Crippen LogP contribution in [0.15, 0.2) is 40.7 Å². The molecule has 0 spiro atoms. The van der Waals surface area contributed by atoms with Crippen LogP contribution in [0.5, 0.6) is 0 Å². The van der Waals surface area contributed by atoms with Crippen molar-refractivity contribution >= 4 is 17.5 Å². The standard InChI is InChI=1S/C23H30N2O4/c1-14(2)28-10-11-29-22(27)19-15(3)25-17-12-23(4,5)13-18(26)20(17)21(19)16-8-6-7-9-24-16/h6-9,14,19,21H,10-13H2,1-5H3/t19?,21-/m0/s1. The van der Waals surface area contributed by atoms with Gasteiger partial charge in [0.15, 0.2) is 5.78 Å². The van der Waals surface area contributed by atoms with Crippen LogP contribution in [0.2, 0.25) is 0 Å². The van der Waals surface area contributed by atoms with E-state index < -0.39 is 17.8 Å². The maximum atomic E-state index is 13.1. The molecule has 1 aromatic heterocycles. The Morgan fingerprint density at radius 3 is 2.66 bits per heavy atom. The maximum Gasteiger partial charge on any atom is 0.315 e. The van der Waals surface area contributed by atoms with Crippen molar-refractivity contribution in [3.8, 4) is 0 Å². The lowest BCUT2D eigenvalue weighted by atomic mass is 9.67. The number of hydrogen-bond acceptors (Lipinski definition) is 6. The molecule has 2 heterocycles. The van der Waals surface area contributed by atoms with Gasteiger partial charge in [-0.15, -0.1) is 0 Å². The molecular weight excluding hydrogens is 368 g/mol. The predicted octanol–water partition coefficient (Wildman–Crippen LogP) is 3.87. The highest BCUT2D eigenvalue weighted by Gasteiger charge is 2.46. The molecule has 29 heavy (non-hydrogen) atoms. The number of nitrogens with zero attached hydrogens (tertiary/aromatic N) is 2. The van der Waals surface area contributed by atoms with Gasteiger partial charge >= 0.3 is 5.97 Å². The van der Waals surface area contributed by atoms with Crippen molar-refractivity contribution in [3.05, 3.63) is 41.4 Å². The minimum Gasteiger partial charge on any atom is -0.463 e. The van der Waals surface area contributed by atoms with Crippen LogP contribution in [0.1, 0.15) is 59.1 Å². The highest BCUT2D eigenvalue weighted by Crippen LogP contribution is 2.47. The number of aromatic nitrogens is 1. The summed E-state index contributed by atoms with van der Waals surface area (Å²) in [7, 11) is 0. The van der Waals surface area contributed by atoms with Crippen molar-refractivity contribution in [3.63, 3.8) is 0 Å². The Hall–Kier alpha value is -2.34. The number of aliphatic imine (C=N–C) groups is 1. The van der Waals surface area contributed by atoms with E-state index in [0.29, 0.717) is 36.4 Å². The largest absolute Gasteiger partial charge is 0.463 e. The van der Waals surface area contributed by atoms with E-state index in [0.717, 1.165) is 5.70 Å². The zero-order chi connectivity index (χ0) is 21.2. The molecule has 2 atom stereocenters. The fraction of sp³-hybridized carbons (Fsp3) is 0.565. The first-order valence-corrected chi connectivity index (χ1v) is 10.2. The van der Waals surface area contributed by atoms with E-state index in [1.54, 1.807) is 6.20 Å². The minimum absolute atomic E-state index is 0.0455. The Labute approximate surface area is 172 Å². The van der Waals surface area contributed by atoms with Crippen molar-refractivity contribution < 1.29 is 19.1 Å². The number of Topliss-reactive ketones (excluding diaryl/α,β-unsaturated/α-hetero) is 1. The van der Waals surface area contributed by atoms with E-state index in [1.807, 2.05) is 39.0 Å². The zero-order valence-corrected chi connectivity index (χ0v) is 17.9. The fourth-order valence-corrected chi connectivity index (χ4v) is 4.15. The number of carbonyl (C=O) groups is 2. The van der Waals surface area contributed by atoms with Crippen LogP contribution in [0.3, 0.4) is 0 Å². The van der Waals surface area contributed by atoms with Crippen molar-refractivity contribution in [2.45, 2.75) is 59.5 Å². The highest BCUT2D eigenvalue weighted by atomic mass is 16.6. The van der Waals surface area contributed by atoms with Crippen LogP contribution in [0.25, 0.3) is 0 Å². The first kappa shape index (κ1) is 21.4. The van der Waals surface area contributed by atoms with Crippen LogP contribution in [-0.2, 0) is 19.1 Å². The lowest BCUT2D eigenvalue weighted by molar-refractivity contribution is -0.148. The normalized spacial score (nSPS) is 23.7. The van der Waals surface area contributed by atoms with E-state index in [9.17, 15) is 9.59 Å². The number of carbonyl (C=O) groups excluding carboxylic acids is 2. The molecule has 1 aliphatic heterocycles. The van der Waals surface area contributed by atoms with Gasteiger partial charge in [-0.1, -0.05) is 19.9 Å². The van der Waals surface area contributed by atoms with Gasteiger partial charge in [-0.3, -0.25) is 19.6 Å². The number of ketones is 1. The summed E-state index contributed by atoms with van der Waals surface area (Å²) < 4.78 is 11.0. The molecule has 6 nitrogen and oxygen atoms in total. The monoisotopic (exact) mass is 398 g/mol. The summed E-state index contributed by atoms with van der Waals surface area (Å²) in [6, 6.07) is 5.56. The second kappa shape index (κ2) is 8.57. The van der Waals surface area contributed by atoms with Crippen LogP contribution in [0.4, 0.5) is 0 Å². The third kappa shape index (κ3) is 4.81. The van der Waals surface area contributed by atoms with Crippen molar-refractivity contribution in [1.29, 1.82) is 0 Å². The SMILES string of the molecule is CC1=NC2=C(C(=O)CC(C)(C)C2)[C@@H](c2ccccn2)C1C(=O)OCCOC(C)C. The third-order valence-electron chi connectivity index (χ3n) is 5.34. The molecule has 1 aromatic rings. The molecule has 1 aliphatic carbocycles. The Morgan fingerprint density at radius 1 is 1.24 bits per heavy atom. The molecule has 0 radical (unpaired) electrons. The Balaban J connectivity index is 1.94. The molecule has 6 heteroatoms. The first-order chi connectivity index (χ1) is 13.7. The molecule has 0 aromatic carbocycles. The molecular formula is C23H30N2O4. The number of esters is 1. The Morgan fingerprint density at radius 2 is 2.00 bits per heavy atom. The summed E-state index contributed by atoms with van der Waals surface area (Å²) in [4.78, 5) is 35.3. The Kier molecular flexibility index (Phi) is 6.32. The van der Waals surface area contributed by atoms with Gasteiger partial charge in [0, 0.05) is 35.3 Å². The molecule has 0 amide bonds. The number of ether oxygens (including phenoxy) is 2. The van der Waals surface area contributed by atoms with Gasteiger partial charge in [0.1, 0.15) is 12.5 Å². The number of rotatable bonds is 6. The average molecular weight is 399 g/mol. The lowest BCUT2D eigenvalue weighted by Crippen LogP contribution is -2.40. The molecule has 0 saturated heterocycles. The van der Waals surface area contributed by atoms with Gasteiger partial charge in [0.25, 0.3) is 0 Å². The third-order valence-corrected chi connectivity index (χ3v) is 5.34. The van der Waals surface area contributed by atoms with Gasteiger partial charge in [-0.25, -0.2) is 0 Å². The lowest BCUT2D eigenvalue weighted by Gasteiger charge is -2.38. The van der Waals surface area contributed by atoms with E-state index in [2.05, 4.69) is 18.8 Å². The second-order valence-corrected chi connectivity index (χ2v) is 8.85. The minimum atomic E-state index is -0.659. The van der Waals surface area contributed by atoms with Gasteiger partial charge in [-0.05, 0) is 44.7 Å². The topological polar surface area (TPSA) is 77.9 Å². The van der Waals surface area contributed by atoms with Gasteiger partial charge in [0.2, 0.25) is 0 Å². The number of hydrogen-bond donors (Lipinski definition) is 0. The first-order valence-electron chi connectivity index (χ1n) is 10.2. The van der Waals surface area contributed by atoms with Crippen molar-refractivity contribution in [2.75, 3.05) is 13.2 Å². The van der Waals surface area contributed by atoms with Crippen LogP contribution >= 0.6 is 0 Å². The molecule has 1 unspecified atom stereocenters. The molecule has 2 aliphatic rings. The number of allylic oxidation sites excluding steroid dienone is 2. The summed E-state index contributed by atoms with van der Waals surface area (Å²) in [6.45, 7) is 10.4. The molecule has 3 rings (SSSR count). The summed E-state index contributed by atoms with van der Waals surface area (Å²) in [5.41, 5.74) is 2.62. The summed E-state index contributed by atoms with van der Waals surface area (Å²) >= 11 is 0. The van der Waals surface area contributed by atoms with Crippen LogP contribution < -0.4 is 0 Å². The van der Waals surface area contributed by atoms with E-state index >= 15 is 0 Å². The second-order valence-electron chi connectivity index (χ2n) is 8.85. The van der Waals surface area contributed by atoms with Crippen molar-refractivity contribution in [2.24, 2.45) is 16.3 Å².